The van der Waals surface area contributed by atoms with Crippen LogP contribution >= 0.6 is 0 Å². The van der Waals surface area contributed by atoms with Crippen molar-refractivity contribution in [2.45, 2.75) is 26.8 Å². The minimum absolute atomic E-state index is 0.00584. The minimum atomic E-state index is -0.0936. The van der Waals surface area contributed by atoms with Crippen molar-refractivity contribution in [1.29, 1.82) is 0 Å². The maximum absolute atomic E-state index is 12.5. The highest BCUT2D eigenvalue weighted by atomic mass is 16.1. The normalized spacial score (nSPS) is 11.2. The average Bonchev–Trinajstić information content (AvgIpc) is 2.49. The quantitative estimate of drug-likeness (QED) is 0.722. The van der Waals surface area contributed by atoms with Crippen LogP contribution in [0.1, 0.15) is 25.5 Å². The number of fused-ring (bicyclic) bond motifs is 1. The van der Waals surface area contributed by atoms with Gasteiger partial charge >= 0.3 is 0 Å². The summed E-state index contributed by atoms with van der Waals surface area (Å²) in [4.78, 5) is 16.8. The average molecular weight is 279 g/mol. The molecule has 1 aromatic carbocycles. The number of nitrogens with zero attached hydrogens (tertiary/aromatic N) is 3. The van der Waals surface area contributed by atoms with Crippen molar-refractivity contribution in [1.82, 2.24) is 14.8 Å². The molecule has 3 rings (SSSR count). The Balaban J connectivity index is 2.38. The maximum atomic E-state index is 12.5. The topological polar surface area (TPSA) is 47.8 Å². The van der Waals surface area contributed by atoms with Crippen LogP contribution < -0.4 is 5.56 Å². The van der Waals surface area contributed by atoms with Crippen molar-refractivity contribution in [3.63, 3.8) is 0 Å². The molecular formula is C17H17N3O. The molecule has 0 bridgehead atoms. The Bertz CT molecular complexity index is 848. The lowest BCUT2D eigenvalue weighted by molar-refractivity contribution is 0.509. The smallest absolute Gasteiger partial charge is 0.267 e. The summed E-state index contributed by atoms with van der Waals surface area (Å²) in [7, 11) is 0. The Morgan fingerprint density at radius 3 is 2.48 bits per heavy atom. The van der Waals surface area contributed by atoms with Crippen molar-refractivity contribution in [3.05, 3.63) is 58.5 Å². The molecule has 0 saturated carbocycles. The molecule has 4 heteroatoms. The molecule has 0 N–H and O–H groups in total. The summed E-state index contributed by atoms with van der Waals surface area (Å²) in [5, 5.41) is 5.15. The monoisotopic (exact) mass is 279 g/mol. The Morgan fingerprint density at radius 1 is 1.10 bits per heavy atom. The van der Waals surface area contributed by atoms with E-state index in [0.717, 1.165) is 11.3 Å². The van der Waals surface area contributed by atoms with Gasteiger partial charge in [0.1, 0.15) is 11.2 Å². The molecule has 0 unspecified atom stereocenters. The lowest BCUT2D eigenvalue weighted by Crippen LogP contribution is -2.25. The number of pyridine rings is 1. The van der Waals surface area contributed by atoms with Crippen molar-refractivity contribution in [2.75, 3.05) is 0 Å². The second-order valence-electron chi connectivity index (χ2n) is 5.46. The van der Waals surface area contributed by atoms with Crippen molar-refractivity contribution in [3.8, 4) is 11.3 Å². The Hall–Kier alpha value is -2.49. The molecule has 0 aliphatic carbocycles. The molecule has 0 spiro atoms. The highest BCUT2D eigenvalue weighted by molar-refractivity contribution is 5.90. The summed E-state index contributed by atoms with van der Waals surface area (Å²) >= 11 is 0. The number of hydrogen-bond acceptors (Lipinski definition) is 3. The van der Waals surface area contributed by atoms with Gasteiger partial charge in [-0.15, -0.1) is 0 Å². The first-order valence-electron chi connectivity index (χ1n) is 7.02. The van der Waals surface area contributed by atoms with Gasteiger partial charge in [-0.2, -0.15) is 5.10 Å². The van der Waals surface area contributed by atoms with Gasteiger partial charge in [-0.3, -0.25) is 9.78 Å². The number of aromatic nitrogens is 3. The van der Waals surface area contributed by atoms with Crippen LogP contribution in [0.5, 0.6) is 0 Å². The Morgan fingerprint density at radius 2 is 1.81 bits per heavy atom. The van der Waals surface area contributed by atoms with Crippen LogP contribution in [0.15, 0.2) is 47.4 Å². The fourth-order valence-electron chi connectivity index (χ4n) is 2.35. The van der Waals surface area contributed by atoms with Gasteiger partial charge in [0.25, 0.3) is 5.56 Å². The largest absolute Gasteiger partial charge is 0.276 e. The summed E-state index contributed by atoms with van der Waals surface area (Å²) in [5.41, 5.74) is 3.47. The first kappa shape index (κ1) is 13.5. The molecule has 106 valence electrons. The van der Waals surface area contributed by atoms with Crippen LogP contribution in [0.4, 0.5) is 0 Å². The van der Waals surface area contributed by atoms with Gasteiger partial charge in [0.05, 0.1) is 11.4 Å². The molecule has 3 aromatic rings. The lowest BCUT2D eigenvalue weighted by atomic mass is 10.1. The SMILES string of the molecule is Cc1ccc(-c2nn(C(C)C)c(=O)c3cccnc23)cc1. The molecule has 0 atom stereocenters. The molecule has 2 aromatic heterocycles. The third-order valence-corrected chi connectivity index (χ3v) is 3.49. The van der Waals surface area contributed by atoms with E-state index in [2.05, 4.69) is 10.1 Å². The molecule has 0 radical (unpaired) electrons. The Kier molecular flexibility index (Phi) is 3.29. The number of rotatable bonds is 2. The molecule has 0 amide bonds. The summed E-state index contributed by atoms with van der Waals surface area (Å²) in [6.07, 6.45) is 1.70. The van der Waals surface area contributed by atoms with Gasteiger partial charge in [0.15, 0.2) is 0 Å². The van der Waals surface area contributed by atoms with Crippen LogP contribution in [0.2, 0.25) is 0 Å². The van der Waals surface area contributed by atoms with Gasteiger partial charge in [-0.25, -0.2) is 4.68 Å². The minimum Gasteiger partial charge on any atom is -0.267 e. The summed E-state index contributed by atoms with van der Waals surface area (Å²) in [5.74, 6) is 0. The number of hydrogen-bond donors (Lipinski definition) is 0. The van der Waals surface area contributed by atoms with E-state index in [9.17, 15) is 4.79 Å². The molecule has 0 fully saturated rings. The predicted molar refractivity (Wildman–Crippen MR) is 84.4 cm³/mol. The van der Waals surface area contributed by atoms with E-state index in [-0.39, 0.29) is 11.6 Å². The molecule has 2 heterocycles. The van der Waals surface area contributed by atoms with Crippen LogP contribution in [0, 0.1) is 6.92 Å². The highest BCUT2D eigenvalue weighted by Crippen LogP contribution is 2.23. The molecule has 0 saturated heterocycles. The van der Waals surface area contributed by atoms with Crippen molar-refractivity contribution >= 4 is 10.9 Å². The molecule has 21 heavy (non-hydrogen) atoms. The number of aryl methyl sites for hydroxylation is 1. The maximum Gasteiger partial charge on any atom is 0.276 e. The fraction of sp³-hybridized carbons (Fsp3) is 0.235. The molecule has 0 aliphatic heterocycles. The third-order valence-electron chi connectivity index (χ3n) is 3.49. The number of benzene rings is 1. The lowest BCUT2D eigenvalue weighted by Gasteiger charge is -2.13. The van der Waals surface area contributed by atoms with E-state index >= 15 is 0 Å². The van der Waals surface area contributed by atoms with Crippen LogP contribution in [-0.4, -0.2) is 14.8 Å². The highest BCUT2D eigenvalue weighted by Gasteiger charge is 2.14. The summed E-state index contributed by atoms with van der Waals surface area (Å²) in [6, 6.07) is 11.7. The fourth-order valence-corrected chi connectivity index (χ4v) is 2.35. The van der Waals surface area contributed by atoms with E-state index in [0.29, 0.717) is 10.9 Å². The van der Waals surface area contributed by atoms with Crippen molar-refractivity contribution in [2.24, 2.45) is 0 Å². The predicted octanol–water partition coefficient (Wildman–Crippen LogP) is 3.35. The van der Waals surface area contributed by atoms with Crippen LogP contribution in [-0.2, 0) is 0 Å². The van der Waals surface area contributed by atoms with E-state index < -0.39 is 0 Å². The van der Waals surface area contributed by atoms with Gasteiger partial charge in [-0.05, 0) is 32.9 Å². The Labute approximate surface area is 123 Å². The second-order valence-corrected chi connectivity index (χ2v) is 5.46. The zero-order chi connectivity index (χ0) is 15.0. The second kappa shape index (κ2) is 5.13. The van der Waals surface area contributed by atoms with Crippen molar-refractivity contribution < 1.29 is 0 Å². The first-order chi connectivity index (χ1) is 10.1. The van der Waals surface area contributed by atoms with E-state index in [1.54, 1.807) is 12.3 Å². The summed E-state index contributed by atoms with van der Waals surface area (Å²) in [6.45, 7) is 5.95. The van der Waals surface area contributed by atoms with Gasteiger partial charge in [0.2, 0.25) is 0 Å². The van der Waals surface area contributed by atoms with E-state index in [1.165, 1.54) is 10.2 Å². The van der Waals surface area contributed by atoms with Crippen LogP contribution in [0.3, 0.4) is 0 Å². The summed E-state index contributed by atoms with van der Waals surface area (Å²) < 4.78 is 1.53. The van der Waals surface area contributed by atoms with Crippen LogP contribution in [0.25, 0.3) is 22.2 Å². The molecular weight excluding hydrogens is 262 g/mol. The standard InChI is InChI=1S/C17H17N3O/c1-11(2)20-17(21)14-5-4-10-18-16(14)15(19-20)13-8-6-12(3)7-9-13/h4-11H,1-3H3. The zero-order valence-corrected chi connectivity index (χ0v) is 12.4. The molecule has 4 nitrogen and oxygen atoms in total. The van der Waals surface area contributed by atoms with Gasteiger partial charge in [-0.1, -0.05) is 29.8 Å². The first-order valence-corrected chi connectivity index (χ1v) is 7.02. The molecule has 0 aliphatic rings. The van der Waals surface area contributed by atoms with Gasteiger partial charge in [0, 0.05) is 11.8 Å². The van der Waals surface area contributed by atoms with E-state index in [1.807, 2.05) is 51.1 Å². The zero-order valence-electron chi connectivity index (χ0n) is 12.4. The third kappa shape index (κ3) is 2.33. The van der Waals surface area contributed by atoms with Gasteiger partial charge < -0.3 is 0 Å². The van der Waals surface area contributed by atoms with E-state index in [4.69, 9.17) is 0 Å².